The van der Waals surface area contributed by atoms with Crippen molar-refractivity contribution in [3.05, 3.63) is 140 Å². The van der Waals surface area contributed by atoms with Crippen molar-refractivity contribution in [2.45, 2.75) is 32.5 Å². The third kappa shape index (κ3) is 5.98. The van der Waals surface area contributed by atoms with Crippen LogP contribution in [-0.4, -0.2) is 56.5 Å². The Morgan fingerprint density at radius 2 is 1.13 bits per heavy atom. The van der Waals surface area contributed by atoms with E-state index in [1.165, 1.54) is 25.3 Å². The molecule has 0 aliphatic rings. The van der Waals surface area contributed by atoms with E-state index in [9.17, 15) is 19.5 Å². The van der Waals surface area contributed by atoms with Gasteiger partial charge in [0.25, 0.3) is 0 Å². The molecule has 0 bridgehead atoms. The number of aliphatic hydroxyl groups is 1. The summed E-state index contributed by atoms with van der Waals surface area (Å²) in [4.78, 5) is 46.5. The number of carbonyl (C=O) groups excluding carboxylic acids is 1. The van der Waals surface area contributed by atoms with Gasteiger partial charge in [-0.05, 0) is 60.9 Å². The van der Waals surface area contributed by atoms with Crippen LogP contribution in [0.25, 0.3) is 33.4 Å². The van der Waals surface area contributed by atoms with Gasteiger partial charge in [0.05, 0.1) is 53.4 Å². The number of rotatable bonds is 6. The molecular formula is C37H34N10O5. The lowest BCUT2D eigenvalue weighted by atomic mass is 9.93. The number of methoxy groups -OCH3 is 1. The first-order chi connectivity index (χ1) is 25.0. The molecule has 262 valence electrons. The fraction of sp³-hybridized carbons (Fsp3) is 0.162. The average Bonchev–Trinajstić information content (AvgIpc) is 3.65. The standard InChI is InChI=1S/C19H19N5O2.C18H15N5O3/c1-19(2,26)13-8-4-3-7-12(13)11-23-18(25)24-15-10-6-5-9-14(15)21-16(20)17(24)22-23;1-26-17(24)12-7-3-2-6-11(12)10-22-18(25)23-14-9-5-4-8-13(14)20-15(19)16(23)21-22/h3-10,26H,11H2,1-2H3,(H2,20,21);2-9H,10H2,1H3,(H2,19,20). The maximum absolute atomic E-state index is 13.0. The summed E-state index contributed by atoms with van der Waals surface area (Å²) in [5.74, 6) is -0.0971. The van der Waals surface area contributed by atoms with Crippen LogP contribution in [0.15, 0.2) is 107 Å². The molecule has 15 nitrogen and oxygen atoms in total. The molecular weight excluding hydrogens is 664 g/mol. The largest absolute Gasteiger partial charge is 0.465 e. The number of nitrogen functional groups attached to an aromatic ring is 2. The molecule has 0 fully saturated rings. The van der Waals surface area contributed by atoms with Crippen LogP contribution in [0, 0.1) is 0 Å². The lowest BCUT2D eigenvalue weighted by molar-refractivity contribution is 0.0599. The molecule has 0 atom stereocenters. The highest BCUT2D eigenvalue weighted by atomic mass is 16.5. The zero-order valence-corrected chi connectivity index (χ0v) is 28.5. The van der Waals surface area contributed by atoms with Gasteiger partial charge in [0.15, 0.2) is 11.6 Å². The Morgan fingerprint density at radius 3 is 1.65 bits per heavy atom. The van der Waals surface area contributed by atoms with Crippen molar-refractivity contribution in [2.75, 3.05) is 18.6 Å². The summed E-state index contributed by atoms with van der Waals surface area (Å²) in [7, 11) is 1.31. The molecule has 0 saturated carbocycles. The normalized spacial score (nSPS) is 11.6. The minimum absolute atomic E-state index is 0.111. The molecule has 5 N–H and O–H groups in total. The van der Waals surface area contributed by atoms with Crippen molar-refractivity contribution in [1.29, 1.82) is 0 Å². The minimum Gasteiger partial charge on any atom is -0.465 e. The van der Waals surface area contributed by atoms with Crippen LogP contribution < -0.4 is 22.8 Å². The summed E-state index contributed by atoms with van der Waals surface area (Å²) in [6.45, 7) is 3.77. The molecule has 0 radical (unpaired) electrons. The summed E-state index contributed by atoms with van der Waals surface area (Å²) in [5.41, 5.74) is 16.0. The van der Waals surface area contributed by atoms with Gasteiger partial charge in [0.1, 0.15) is 0 Å². The zero-order valence-electron chi connectivity index (χ0n) is 28.5. The zero-order chi connectivity index (χ0) is 36.7. The molecule has 0 spiro atoms. The molecule has 0 unspecified atom stereocenters. The Balaban J connectivity index is 0.000000162. The van der Waals surface area contributed by atoms with Gasteiger partial charge in [-0.1, -0.05) is 66.7 Å². The fourth-order valence-electron chi connectivity index (χ4n) is 6.19. The number of anilines is 2. The topological polar surface area (TPSA) is 203 Å². The Labute approximate surface area is 295 Å². The number of para-hydroxylation sites is 4. The molecule has 8 rings (SSSR count). The molecule has 52 heavy (non-hydrogen) atoms. The first kappa shape index (κ1) is 33.6. The molecule has 4 aromatic carbocycles. The van der Waals surface area contributed by atoms with Crippen molar-refractivity contribution in [3.63, 3.8) is 0 Å². The van der Waals surface area contributed by atoms with Crippen molar-refractivity contribution < 1.29 is 14.6 Å². The highest BCUT2D eigenvalue weighted by molar-refractivity contribution is 5.91. The SMILES string of the molecule is CC(C)(O)c1ccccc1Cn1nc2c(N)nc3ccccc3n2c1=O.COC(=O)c1ccccc1Cn1nc2c(N)nc3ccccc3n2c1=O. The van der Waals surface area contributed by atoms with E-state index in [1.54, 1.807) is 56.3 Å². The van der Waals surface area contributed by atoms with Crippen LogP contribution >= 0.6 is 0 Å². The van der Waals surface area contributed by atoms with E-state index in [1.807, 2.05) is 54.6 Å². The third-order valence-electron chi connectivity index (χ3n) is 8.60. The van der Waals surface area contributed by atoms with Gasteiger partial charge in [0, 0.05) is 0 Å². The van der Waals surface area contributed by atoms with Crippen molar-refractivity contribution in [3.8, 4) is 0 Å². The van der Waals surface area contributed by atoms with Gasteiger partial charge >= 0.3 is 17.3 Å². The molecule has 4 aromatic heterocycles. The highest BCUT2D eigenvalue weighted by Gasteiger charge is 2.22. The van der Waals surface area contributed by atoms with Gasteiger partial charge < -0.3 is 21.3 Å². The number of ether oxygens (including phenoxy) is 1. The Kier molecular flexibility index (Phi) is 8.48. The number of hydrogen-bond donors (Lipinski definition) is 3. The minimum atomic E-state index is -1.02. The molecule has 0 saturated heterocycles. The Hall–Kier alpha value is -6.87. The second-order valence-electron chi connectivity index (χ2n) is 12.5. The van der Waals surface area contributed by atoms with E-state index >= 15 is 0 Å². The number of fused-ring (bicyclic) bond motifs is 6. The van der Waals surface area contributed by atoms with Gasteiger partial charge in [-0.2, -0.15) is 0 Å². The molecule has 0 aliphatic heterocycles. The molecule has 0 amide bonds. The van der Waals surface area contributed by atoms with E-state index in [0.717, 1.165) is 11.1 Å². The van der Waals surface area contributed by atoms with Gasteiger partial charge in [-0.25, -0.2) is 42.5 Å². The second kappa shape index (κ2) is 13.1. The third-order valence-corrected chi connectivity index (χ3v) is 8.60. The van der Waals surface area contributed by atoms with E-state index in [-0.39, 0.29) is 41.8 Å². The number of benzene rings is 4. The lowest BCUT2D eigenvalue weighted by Gasteiger charge is -2.21. The fourth-order valence-corrected chi connectivity index (χ4v) is 6.19. The van der Waals surface area contributed by atoms with E-state index in [4.69, 9.17) is 16.2 Å². The molecule has 0 aliphatic carbocycles. The number of carbonyl (C=O) groups is 1. The summed E-state index contributed by atoms with van der Waals surface area (Å²) in [6.07, 6.45) is 0. The van der Waals surface area contributed by atoms with Crippen molar-refractivity contribution in [2.24, 2.45) is 0 Å². The Morgan fingerprint density at radius 1 is 0.692 bits per heavy atom. The monoisotopic (exact) mass is 698 g/mol. The van der Waals surface area contributed by atoms with Gasteiger partial charge in [-0.3, -0.25) is 0 Å². The van der Waals surface area contributed by atoms with Gasteiger partial charge in [0.2, 0.25) is 11.3 Å². The Bertz CT molecular complexity index is 2770. The first-order valence-electron chi connectivity index (χ1n) is 16.2. The van der Waals surface area contributed by atoms with Crippen LogP contribution in [0.3, 0.4) is 0 Å². The molecule has 8 aromatic rings. The number of esters is 1. The average molecular weight is 699 g/mol. The molecule has 15 heteroatoms. The number of aromatic nitrogens is 8. The van der Waals surface area contributed by atoms with E-state index < -0.39 is 11.6 Å². The molecule has 4 heterocycles. The van der Waals surface area contributed by atoms with Crippen LogP contribution in [0.4, 0.5) is 11.6 Å². The maximum atomic E-state index is 13.0. The van der Waals surface area contributed by atoms with Crippen LogP contribution in [0.5, 0.6) is 0 Å². The number of nitrogens with zero attached hydrogens (tertiary/aromatic N) is 8. The second-order valence-corrected chi connectivity index (χ2v) is 12.5. The van der Waals surface area contributed by atoms with Crippen LogP contribution in [0.2, 0.25) is 0 Å². The van der Waals surface area contributed by atoms with Gasteiger partial charge in [-0.15, -0.1) is 10.2 Å². The number of nitrogens with two attached hydrogens (primary N) is 2. The summed E-state index contributed by atoms with van der Waals surface area (Å²) in [5, 5.41) is 19.1. The lowest BCUT2D eigenvalue weighted by Crippen LogP contribution is -2.25. The summed E-state index contributed by atoms with van der Waals surface area (Å²) in [6, 6.07) is 28.9. The van der Waals surface area contributed by atoms with Crippen molar-refractivity contribution in [1.82, 2.24) is 38.3 Å². The highest BCUT2D eigenvalue weighted by Crippen LogP contribution is 2.24. The van der Waals surface area contributed by atoms with Crippen molar-refractivity contribution >= 4 is 51.0 Å². The summed E-state index contributed by atoms with van der Waals surface area (Å²) < 4.78 is 10.3. The first-order valence-corrected chi connectivity index (χ1v) is 16.2. The predicted molar refractivity (Wildman–Crippen MR) is 196 cm³/mol. The van der Waals surface area contributed by atoms with E-state index in [0.29, 0.717) is 38.8 Å². The quantitative estimate of drug-likeness (QED) is 0.215. The van der Waals surface area contributed by atoms with Crippen LogP contribution in [0.1, 0.15) is 40.9 Å². The predicted octanol–water partition coefficient (Wildman–Crippen LogP) is 3.36. The summed E-state index contributed by atoms with van der Waals surface area (Å²) >= 11 is 0. The van der Waals surface area contributed by atoms with Crippen LogP contribution in [-0.2, 0) is 23.4 Å². The number of hydrogen-bond acceptors (Lipinski definition) is 11. The maximum Gasteiger partial charge on any atom is 0.351 e. The smallest absolute Gasteiger partial charge is 0.351 e. The van der Waals surface area contributed by atoms with E-state index in [2.05, 4.69) is 20.2 Å².